The number of anilines is 2. The predicted octanol–water partition coefficient (Wildman–Crippen LogP) is 4.45. The number of ether oxygens (including phenoxy) is 2. The van der Waals surface area contributed by atoms with Gasteiger partial charge in [0.15, 0.2) is 0 Å². The molecule has 1 saturated heterocycles. The smallest absolute Gasteiger partial charge is 0.256 e. The van der Waals surface area contributed by atoms with Gasteiger partial charge in [0, 0.05) is 43.5 Å². The highest BCUT2D eigenvalue weighted by atomic mass is 16.5. The number of nitrogens with one attached hydrogen (secondary N) is 1. The van der Waals surface area contributed by atoms with Crippen molar-refractivity contribution >= 4 is 11.6 Å². The van der Waals surface area contributed by atoms with Gasteiger partial charge >= 0.3 is 0 Å². The summed E-state index contributed by atoms with van der Waals surface area (Å²) < 4.78 is 13.5. The average molecular weight is 513 g/mol. The van der Waals surface area contributed by atoms with Crippen molar-refractivity contribution in [2.75, 3.05) is 38.2 Å². The number of nitriles is 2. The van der Waals surface area contributed by atoms with Crippen molar-refractivity contribution < 1.29 is 9.47 Å². The van der Waals surface area contributed by atoms with Crippen LogP contribution >= 0.6 is 0 Å². The van der Waals surface area contributed by atoms with E-state index in [1.165, 1.54) is 0 Å². The monoisotopic (exact) mass is 512 g/mol. The Morgan fingerprint density at radius 2 is 1.68 bits per heavy atom. The molecule has 38 heavy (non-hydrogen) atoms. The molecule has 3 aromatic rings. The van der Waals surface area contributed by atoms with Gasteiger partial charge in [-0.2, -0.15) is 10.5 Å². The maximum absolute atomic E-state index is 9.01. The van der Waals surface area contributed by atoms with Crippen LogP contribution in [0.5, 0.6) is 5.88 Å². The Kier molecular flexibility index (Phi) is 8.44. The zero-order valence-electron chi connectivity index (χ0n) is 21.4. The maximum atomic E-state index is 9.01. The van der Waals surface area contributed by atoms with Crippen LogP contribution in [0.1, 0.15) is 50.1 Å². The molecule has 1 aromatic carbocycles. The van der Waals surface area contributed by atoms with Crippen LogP contribution in [0.2, 0.25) is 0 Å². The first kappa shape index (κ1) is 25.7. The second-order valence-corrected chi connectivity index (χ2v) is 9.66. The molecule has 0 spiro atoms. The lowest BCUT2D eigenvalue weighted by atomic mass is 9.90. The first-order valence-corrected chi connectivity index (χ1v) is 13.2. The number of rotatable bonds is 9. The quantitative estimate of drug-likeness (QED) is 0.414. The molecule has 2 aromatic heterocycles. The van der Waals surface area contributed by atoms with Gasteiger partial charge in [-0.1, -0.05) is 12.1 Å². The van der Waals surface area contributed by atoms with Crippen LogP contribution in [0.25, 0.3) is 11.1 Å². The molecule has 1 saturated carbocycles. The molecule has 10 nitrogen and oxygen atoms in total. The summed E-state index contributed by atoms with van der Waals surface area (Å²) in [4.78, 5) is 11.5. The summed E-state index contributed by atoms with van der Waals surface area (Å²) in [5.74, 6) is 0.942. The van der Waals surface area contributed by atoms with Gasteiger partial charge in [0.1, 0.15) is 5.69 Å². The van der Waals surface area contributed by atoms with Crippen LogP contribution in [-0.4, -0.2) is 63.6 Å². The molecule has 0 unspecified atom stereocenters. The van der Waals surface area contributed by atoms with Crippen molar-refractivity contribution in [3.8, 4) is 29.1 Å². The van der Waals surface area contributed by atoms with E-state index in [-0.39, 0.29) is 0 Å². The number of aromatic nitrogens is 4. The number of hydrogen-bond acceptors (Lipinski definition) is 9. The number of unbranched alkanes of at least 4 members (excludes halogenated alkanes) is 1. The molecule has 10 heteroatoms. The van der Waals surface area contributed by atoms with E-state index in [0.717, 1.165) is 63.1 Å². The van der Waals surface area contributed by atoms with Gasteiger partial charge in [-0.3, -0.25) is 9.58 Å². The molecular formula is C28H32N8O2. The van der Waals surface area contributed by atoms with E-state index < -0.39 is 0 Å². The lowest BCUT2D eigenvalue weighted by Crippen LogP contribution is -2.45. The van der Waals surface area contributed by atoms with Crippen molar-refractivity contribution in [1.82, 2.24) is 24.6 Å². The van der Waals surface area contributed by atoms with E-state index >= 15 is 0 Å². The summed E-state index contributed by atoms with van der Waals surface area (Å²) in [6.07, 6.45) is 11.0. The third kappa shape index (κ3) is 6.28. The topological polar surface area (TPSA) is 125 Å². The van der Waals surface area contributed by atoms with Crippen LogP contribution in [0.15, 0.2) is 42.9 Å². The molecule has 0 bridgehead atoms. The Balaban J connectivity index is 1.27. The van der Waals surface area contributed by atoms with Crippen molar-refractivity contribution in [1.29, 1.82) is 10.5 Å². The lowest BCUT2D eigenvalue weighted by Gasteiger charge is -2.38. The number of nitrogens with zero attached hydrogens (tertiary/aromatic N) is 7. The fourth-order valence-electron chi connectivity index (χ4n) is 5.10. The summed E-state index contributed by atoms with van der Waals surface area (Å²) in [6.45, 7) is 4.13. The first-order chi connectivity index (χ1) is 18.7. The van der Waals surface area contributed by atoms with Crippen molar-refractivity contribution in [3.05, 3.63) is 48.4 Å². The summed E-state index contributed by atoms with van der Waals surface area (Å²) in [5, 5.41) is 25.9. The van der Waals surface area contributed by atoms with Crippen molar-refractivity contribution in [2.45, 2.75) is 50.6 Å². The zero-order chi connectivity index (χ0) is 26.2. The first-order valence-electron chi connectivity index (χ1n) is 13.2. The molecule has 2 fully saturated rings. The molecule has 3 heterocycles. The third-order valence-corrected chi connectivity index (χ3v) is 7.22. The minimum atomic E-state index is 0.309. The molecule has 0 amide bonds. The largest absolute Gasteiger partial charge is 0.475 e. The van der Waals surface area contributed by atoms with Crippen molar-refractivity contribution in [2.24, 2.45) is 0 Å². The molecule has 0 atom stereocenters. The molecule has 2 aliphatic rings. The Hall–Kier alpha value is -3.99. The average Bonchev–Trinajstić information content (AvgIpc) is 3.38. The fourth-order valence-corrected chi connectivity index (χ4v) is 5.10. The van der Waals surface area contributed by atoms with E-state index in [2.05, 4.69) is 32.3 Å². The van der Waals surface area contributed by atoms with Gasteiger partial charge in [-0.05, 0) is 49.8 Å². The molecule has 5 rings (SSSR count). The van der Waals surface area contributed by atoms with Gasteiger partial charge in [0.25, 0.3) is 5.88 Å². The molecule has 1 N–H and O–H groups in total. The minimum absolute atomic E-state index is 0.309. The van der Waals surface area contributed by atoms with E-state index in [1.807, 2.05) is 23.0 Å². The molecule has 1 aliphatic heterocycles. The van der Waals surface area contributed by atoms with Gasteiger partial charge in [0.2, 0.25) is 5.95 Å². The lowest BCUT2D eigenvalue weighted by molar-refractivity contribution is 0.00503. The van der Waals surface area contributed by atoms with Crippen LogP contribution in [0.3, 0.4) is 0 Å². The minimum Gasteiger partial charge on any atom is -0.475 e. The van der Waals surface area contributed by atoms with Gasteiger partial charge in [-0.25, -0.2) is 9.97 Å². The SMILES string of the molecule is N#CCCCOc1nn(C2CCC(N3CCOCC3)CC2)cc1Nc1ncc(-c2ccc(C#N)cc2)cn1. The fraction of sp³-hybridized carbons (Fsp3) is 0.464. The Morgan fingerprint density at radius 3 is 2.37 bits per heavy atom. The summed E-state index contributed by atoms with van der Waals surface area (Å²) in [5.41, 5.74) is 3.13. The number of hydrogen-bond donors (Lipinski definition) is 1. The van der Waals surface area contributed by atoms with Gasteiger partial charge < -0.3 is 14.8 Å². The van der Waals surface area contributed by atoms with E-state index in [1.54, 1.807) is 24.5 Å². The Labute approximate surface area is 222 Å². The van der Waals surface area contributed by atoms with Crippen LogP contribution in [0, 0.1) is 22.7 Å². The standard InChI is InChI=1S/C28H32N8O2/c29-11-1-2-14-38-27-26(33-28-31-18-23(19-32-28)22-5-3-21(17-30)4-6-22)20-36(34-27)25-9-7-24(8-10-25)35-12-15-37-16-13-35/h3-6,18-20,24-25H,1-2,7-10,12-16H2,(H,31,32,33). The maximum Gasteiger partial charge on any atom is 0.256 e. The Morgan fingerprint density at radius 1 is 0.974 bits per heavy atom. The predicted molar refractivity (Wildman–Crippen MR) is 142 cm³/mol. The van der Waals surface area contributed by atoms with E-state index in [0.29, 0.717) is 54.6 Å². The van der Waals surface area contributed by atoms with Crippen LogP contribution in [0.4, 0.5) is 11.6 Å². The highest BCUT2D eigenvalue weighted by molar-refractivity contribution is 5.64. The highest BCUT2D eigenvalue weighted by Gasteiger charge is 2.29. The second-order valence-electron chi connectivity index (χ2n) is 9.66. The van der Waals surface area contributed by atoms with Crippen LogP contribution in [-0.2, 0) is 4.74 Å². The summed E-state index contributed by atoms with van der Waals surface area (Å²) in [7, 11) is 0. The number of morpholine rings is 1. The van der Waals surface area contributed by atoms with E-state index in [4.69, 9.17) is 25.1 Å². The second kappa shape index (κ2) is 12.5. The van der Waals surface area contributed by atoms with Gasteiger partial charge in [-0.15, -0.1) is 5.10 Å². The van der Waals surface area contributed by atoms with Crippen molar-refractivity contribution in [3.63, 3.8) is 0 Å². The van der Waals surface area contributed by atoms with E-state index in [9.17, 15) is 0 Å². The molecule has 0 radical (unpaired) electrons. The molecular weight excluding hydrogens is 480 g/mol. The summed E-state index contributed by atoms with van der Waals surface area (Å²) >= 11 is 0. The third-order valence-electron chi connectivity index (χ3n) is 7.22. The number of benzene rings is 1. The zero-order valence-corrected chi connectivity index (χ0v) is 21.4. The highest BCUT2D eigenvalue weighted by Crippen LogP contribution is 2.34. The molecule has 1 aliphatic carbocycles. The van der Waals surface area contributed by atoms with Gasteiger partial charge in [0.05, 0.1) is 49.8 Å². The molecule has 196 valence electrons. The summed E-state index contributed by atoms with van der Waals surface area (Å²) in [6, 6.07) is 12.5. The normalized spacial score (nSPS) is 19.8. The Bertz CT molecular complexity index is 1260. The van der Waals surface area contributed by atoms with Crippen LogP contribution < -0.4 is 10.1 Å².